The number of amides is 2. The molecule has 2 amide bonds. The summed E-state index contributed by atoms with van der Waals surface area (Å²) in [6, 6.07) is 11.6. The van der Waals surface area contributed by atoms with Crippen LogP contribution in [0.3, 0.4) is 0 Å². The van der Waals surface area contributed by atoms with Crippen LogP contribution in [0.1, 0.15) is 52.5 Å². The fraction of sp³-hybridized carbons (Fsp3) is 0.611. The average Bonchev–Trinajstić information content (AvgIpc) is 3.85. The average molecular weight is 733 g/mol. The third-order valence-corrected chi connectivity index (χ3v) is 11.8. The third kappa shape index (κ3) is 9.63. The van der Waals surface area contributed by atoms with E-state index < -0.39 is 58.6 Å². The van der Waals surface area contributed by atoms with Crippen molar-refractivity contribution in [1.82, 2.24) is 14.5 Å². The maximum atomic E-state index is 14.4. The number of nitrogens with zero attached hydrogens (tertiary/aromatic N) is 2. The van der Waals surface area contributed by atoms with Crippen LogP contribution in [-0.4, -0.2) is 106 Å². The zero-order valence-corrected chi connectivity index (χ0v) is 30.5. The number of fused-ring (bicyclic) bond motifs is 2. The van der Waals surface area contributed by atoms with Crippen LogP contribution >= 0.6 is 0 Å². The summed E-state index contributed by atoms with van der Waals surface area (Å²) in [7, 11) is -4.31. The lowest BCUT2D eigenvalue weighted by Crippen LogP contribution is -2.61. The minimum Gasteiger partial charge on any atom is -0.530 e. The van der Waals surface area contributed by atoms with Crippen molar-refractivity contribution in [2.45, 2.75) is 82.8 Å². The number of benzene rings is 2. The van der Waals surface area contributed by atoms with Crippen molar-refractivity contribution in [3.05, 3.63) is 54.1 Å². The normalized spacial score (nSPS) is 21.6. The largest absolute Gasteiger partial charge is 0.530 e. The zero-order valence-electron chi connectivity index (χ0n) is 29.7. The topological polar surface area (TPSA) is 176 Å². The van der Waals surface area contributed by atoms with Gasteiger partial charge in [0.1, 0.15) is 6.09 Å². The van der Waals surface area contributed by atoms with Crippen molar-refractivity contribution in [2.24, 2.45) is 17.3 Å². The molecule has 3 heterocycles. The molecule has 2 aromatic rings. The van der Waals surface area contributed by atoms with E-state index in [1.807, 2.05) is 58.0 Å². The highest BCUT2D eigenvalue weighted by Crippen LogP contribution is 2.38. The van der Waals surface area contributed by atoms with Crippen molar-refractivity contribution in [3.63, 3.8) is 0 Å². The van der Waals surface area contributed by atoms with Gasteiger partial charge in [0.15, 0.2) is 17.8 Å². The molecule has 0 aliphatic carbocycles. The molecule has 0 radical (unpaired) electrons. The molecule has 0 bridgehead atoms. The summed E-state index contributed by atoms with van der Waals surface area (Å²) < 4.78 is 57.7. The van der Waals surface area contributed by atoms with Crippen LogP contribution < -0.4 is 19.9 Å². The number of carbonyl (C=O) groups excluding carboxylic acids is 2. The Balaban J connectivity index is 1.42. The number of aliphatic hydroxyl groups excluding tert-OH is 1. The van der Waals surface area contributed by atoms with E-state index in [4.69, 9.17) is 23.7 Å². The Morgan fingerprint density at radius 1 is 1.12 bits per heavy atom. The predicted molar refractivity (Wildman–Crippen MR) is 183 cm³/mol. The number of carbonyl (C=O) groups is 2. The van der Waals surface area contributed by atoms with Gasteiger partial charge in [-0.25, -0.2) is 13.2 Å². The van der Waals surface area contributed by atoms with Crippen LogP contribution in [0.5, 0.6) is 11.5 Å². The van der Waals surface area contributed by atoms with E-state index in [1.54, 1.807) is 0 Å². The van der Waals surface area contributed by atoms with Gasteiger partial charge in [0.2, 0.25) is 16.8 Å². The number of hydrogen-bond donors (Lipinski definition) is 2. The minimum atomic E-state index is -4.31. The molecule has 5 rings (SSSR count). The lowest BCUT2D eigenvalue weighted by Gasteiger charge is -2.43. The third-order valence-electron chi connectivity index (χ3n) is 9.95. The van der Waals surface area contributed by atoms with Gasteiger partial charge in [-0.05, 0) is 48.3 Å². The maximum Gasteiger partial charge on any atom is 0.407 e. The van der Waals surface area contributed by atoms with Crippen molar-refractivity contribution < 1.29 is 51.9 Å². The Morgan fingerprint density at radius 2 is 1.86 bits per heavy atom. The van der Waals surface area contributed by atoms with Gasteiger partial charge in [0, 0.05) is 31.6 Å². The molecule has 15 heteroatoms. The first-order valence-electron chi connectivity index (χ1n) is 17.5. The Kier molecular flexibility index (Phi) is 12.7. The van der Waals surface area contributed by atoms with Crippen molar-refractivity contribution in [2.75, 3.05) is 46.2 Å². The van der Waals surface area contributed by atoms with Crippen LogP contribution in [0.4, 0.5) is 9.59 Å². The second kappa shape index (κ2) is 16.8. The molecule has 0 aromatic heterocycles. The Hall–Kier alpha value is -3.63. The van der Waals surface area contributed by atoms with Gasteiger partial charge in [-0.1, -0.05) is 64.4 Å². The minimum absolute atomic E-state index is 0.0290. The Bertz CT molecular complexity index is 1590. The van der Waals surface area contributed by atoms with Crippen LogP contribution in [0, 0.1) is 17.3 Å². The number of hydrogen-bond acceptors (Lipinski definition) is 11. The summed E-state index contributed by atoms with van der Waals surface area (Å²) in [6.07, 6.45) is -2.23. The number of aliphatic hydroxyl groups is 1. The molecule has 3 aliphatic rings. The SMILES string of the molecule is CCC(C)CNC(=O)OCCC(C)(C)CN(C[C@@H](O)[C@H](Cc1ccccc1)N(C(=O)[O-])[C@H]1CO[C@H]2OCC[C@H]21)S(=O)(=O)c1ccc2c(c1)OCO2. The first-order valence-corrected chi connectivity index (χ1v) is 19.0. The second-order valence-electron chi connectivity index (χ2n) is 14.3. The highest BCUT2D eigenvalue weighted by molar-refractivity contribution is 7.89. The molecule has 2 fully saturated rings. The summed E-state index contributed by atoms with van der Waals surface area (Å²) >= 11 is 0. The van der Waals surface area contributed by atoms with Crippen LogP contribution in [0.2, 0.25) is 0 Å². The van der Waals surface area contributed by atoms with E-state index >= 15 is 0 Å². The highest BCUT2D eigenvalue weighted by atomic mass is 32.2. The van der Waals surface area contributed by atoms with E-state index in [0.29, 0.717) is 37.7 Å². The number of rotatable bonds is 17. The van der Waals surface area contributed by atoms with Gasteiger partial charge in [-0.15, -0.1) is 0 Å². The molecule has 3 aliphatic heterocycles. The number of nitrogens with one attached hydrogen (secondary N) is 1. The number of carboxylic acid groups (broad SMARTS) is 1. The fourth-order valence-corrected chi connectivity index (χ4v) is 8.38. The van der Waals surface area contributed by atoms with Crippen LogP contribution in [0.25, 0.3) is 0 Å². The molecule has 2 saturated heterocycles. The second-order valence-corrected chi connectivity index (χ2v) is 16.3. The molecular formula is C36H50N3O11S-. The fourth-order valence-electron chi connectivity index (χ4n) is 6.71. The highest BCUT2D eigenvalue weighted by Gasteiger charge is 2.47. The lowest BCUT2D eigenvalue weighted by atomic mass is 9.89. The molecule has 2 aromatic carbocycles. The first-order chi connectivity index (χ1) is 24.3. The molecule has 51 heavy (non-hydrogen) atoms. The van der Waals surface area contributed by atoms with Gasteiger partial charge < -0.3 is 48.9 Å². The van der Waals surface area contributed by atoms with E-state index in [-0.39, 0.29) is 49.5 Å². The summed E-state index contributed by atoms with van der Waals surface area (Å²) in [5, 5.41) is 27.7. The molecular weight excluding hydrogens is 682 g/mol. The quantitative estimate of drug-likeness (QED) is 0.245. The molecule has 14 nitrogen and oxygen atoms in total. The summed E-state index contributed by atoms with van der Waals surface area (Å²) in [5.41, 5.74) is -0.00300. The maximum absolute atomic E-state index is 14.4. The summed E-state index contributed by atoms with van der Waals surface area (Å²) in [6.45, 7) is 8.12. The van der Waals surface area contributed by atoms with Crippen LogP contribution in [-0.2, 0) is 30.7 Å². The van der Waals surface area contributed by atoms with Gasteiger partial charge in [0.05, 0.1) is 42.9 Å². The molecule has 1 unspecified atom stereocenters. The Labute approximate surface area is 300 Å². The number of sulfonamides is 1. The molecule has 2 N–H and O–H groups in total. The van der Waals surface area contributed by atoms with E-state index in [2.05, 4.69) is 5.32 Å². The number of ether oxygens (including phenoxy) is 5. The molecule has 0 saturated carbocycles. The lowest BCUT2D eigenvalue weighted by molar-refractivity contribution is -0.273. The van der Waals surface area contributed by atoms with E-state index in [1.165, 1.54) is 18.2 Å². The monoisotopic (exact) mass is 732 g/mol. The molecule has 0 spiro atoms. The standard InChI is InChI=1S/C36H51N3O11S/c1-5-24(2)19-37-34(41)47-16-14-36(3,4)22-38(51(44,45)26-11-12-31-32(18-26)50-23-49-31)20-30(40)28(17-25-9-7-6-8-10-25)39(35(42)43)29-21-48-33-27(29)13-15-46-33/h6-12,18,24,27-30,33,40H,5,13-17,19-23H2,1-4H3,(H,37,41)(H,42,43)/p-1/t24?,27-,28-,29-,30+,33+/m0/s1. The number of alkyl carbamates (subject to hydrolysis) is 1. The van der Waals surface area contributed by atoms with E-state index in [0.717, 1.165) is 21.2 Å². The van der Waals surface area contributed by atoms with Gasteiger partial charge in [-0.2, -0.15) is 4.31 Å². The summed E-state index contributed by atoms with van der Waals surface area (Å²) in [5.74, 6) is 0.712. The van der Waals surface area contributed by atoms with Crippen molar-refractivity contribution >= 4 is 22.2 Å². The van der Waals surface area contributed by atoms with Gasteiger partial charge in [-0.3, -0.25) is 0 Å². The predicted octanol–water partition coefficient (Wildman–Crippen LogP) is 2.97. The first kappa shape index (κ1) is 38.6. The summed E-state index contributed by atoms with van der Waals surface area (Å²) in [4.78, 5) is 26.3. The smallest absolute Gasteiger partial charge is 0.407 e. The Morgan fingerprint density at radius 3 is 2.59 bits per heavy atom. The van der Waals surface area contributed by atoms with Gasteiger partial charge >= 0.3 is 6.09 Å². The van der Waals surface area contributed by atoms with Gasteiger partial charge in [0.25, 0.3) is 0 Å². The van der Waals surface area contributed by atoms with Crippen LogP contribution in [0.15, 0.2) is 53.4 Å². The zero-order chi connectivity index (χ0) is 36.8. The molecule has 282 valence electrons. The molecule has 6 atom stereocenters. The van der Waals surface area contributed by atoms with Crippen molar-refractivity contribution in [3.8, 4) is 11.5 Å². The van der Waals surface area contributed by atoms with Crippen molar-refractivity contribution in [1.29, 1.82) is 0 Å². The van der Waals surface area contributed by atoms with E-state index in [9.17, 15) is 28.2 Å².